The fourth-order valence-corrected chi connectivity index (χ4v) is 5.45. The number of carbonyl (C=O) groups is 1. The topological polar surface area (TPSA) is 46.1 Å². The summed E-state index contributed by atoms with van der Waals surface area (Å²) in [6.07, 6.45) is 6.79. The summed E-state index contributed by atoms with van der Waals surface area (Å²) >= 11 is 1.69. The zero-order valence-electron chi connectivity index (χ0n) is 17.9. The maximum absolute atomic E-state index is 13.2. The van der Waals surface area contributed by atoms with E-state index in [0.29, 0.717) is 12.5 Å². The van der Waals surface area contributed by atoms with Gasteiger partial charge in [0.25, 0.3) is 0 Å². The van der Waals surface area contributed by atoms with E-state index in [9.17, 15) is 4.79 Å². The molecule has 2 aromatic heterocycles. The van der Waals surface area contributed by atoms with E-state index >= 15 is 0 Å². The molecular weight excluding hydrogens is 390 g/mol. The monoisotopic (exact) mass is 421 g/mol. The number of aromatic nitrogens is 1. The lowest BCUT2D eigenvalue weighted by atomic mass is 9.94. The van der Waals surface area contributed by atoms with Crippen molar-refractivity contribution in [3.8, 4) is 0 Å². The highest BCUT2D eigenvalue weighted by molar-refractivity contribution is 7.09. The smallest absolute Gasteiger partial charge is 0.237 e. The van der Waals surface area contributed by atoms with Gasteiger partial charge in [0.1, 0.15) is 0 Å². The summed E-state index contributed by atoms with van der Waals surface area (Å²) < 4.78 is 2.45. The Kier molecular flexibility index (Phi) is 5.42. The molecule has 2 N–H and O–H groups in total. The third kappa shape index (κ3) is 4.06. The van der Waals surface area contributed by atoms with Crippen molar-refractivity contribution < 1.29 is 4.79 Å². The van der Waals surface area contributed by atoms with Crippen LogP contribution >= 0.6 is 11.3 Å². The van der Waals surface area contributed by atoms with Crippen LogP contribution in [0.5, 0.6) is 0 Å². The van der Waals surface area contributed by atoms with Gasteiger partial charge in [0.05, 0.1) is 12.6 Å². The van der Waals surface area contributed by atoms with Crippen LogP contribution in [-0.4, -0.2) is 16.5 Å². The van der Waals surface area contributed by atoms with Crippen LogP contribution in [0.2, 0.25) is 0 Å². The molecule has 158 valence electrons. The number of nitrogens with zero attached hydrogens (tertiary/aromatic N) is 1. The Hall–Kier alpha value is -2.11. The number of benzene rings is 1. The molecule has 0 bridgehead atoms. The molecule has 2 unspecified atom stereocenters. The van der Waals surface area contributed by atoms with Gasteiger partial charge >= 0.3 is 0 Å². The number of amides is 1. The Labute approximate surface area is 182 Å². The second-order valence-corrected chi connectivity index (χ2v) is 10.4. The van der Waals surface area contributed by atoms with Gasteiger partial charge in [0.15, 0.2) is 0 Å². The fourth-order valence-electron chi connectivity index (χ4n) is 4.80. The van der Waals surface area contributed by atoms with E-state index in [4.69, 9.17) is 0 Å². The zero-order chi connectivity index (χ0) is 20.7. The van der Waals surface area contributed by atoms with E-state index in [1.54, 1.807) is 11.3 Å². The Bertz CT molecular complexity index is 1030. The summed E-state index contributed by atoms with van der Waals surface area (Å²) in [4.78, 5) is 14.4. The highest BCUT2D eigenvalue weighted by Crippen LogP contribution is 2.38. The van der Waals surface area contributed by atoms with Crippen molar-refractivity contribution in [3.63, 3.8) is 0 Å². The summed E-state index contributed by atoms with van der Waals surface area (Å²) in [6, 6.07) is 10.8. The third-order valence-electron chi connectivity index (χ3n) is 6.41. The molecule has 2 atom stereocenters. The van der Waals surface area contributed by atoms with Crippen molar-refractivity contribution >= 4 is 28.1 Å². The molecule has 1 saturated carbocycles. The van der Waals surface area contributed by atoms with E-state index in [0.717, 1.165) is 25.3 Å². The van der Waals surface area contributed by atoms with Crippen molar-refractivity contribution in [1.82, 2.24) is 15.2 Å². The number of carbonyl (C=O) groups excluding carboxylic acids is 1. The fraction of sp³-hybridized carbons (Fsp3) is 0.480. The van der Waals surface area contributed by atoms with Gasteiger partial charge in [-0.2, -0.15) is 0 Å². The Morgan fingerprint density at radius 1 is 1.27 bits per heavy atom. The molecule has 2 aliphatic rings. The molecule has 3 heterocycles. The second-order valence-electron chi connectivity index (χ2n) is 9.39. The first-order valence-electron chi connectivity index (χ1n) is 11.2. The van der Waals surface area contributed by atoms with Crippen LogP contribution < -0.4 is 10.6 Å². The maximum Gasteiger partial charge on any atom is 0.237 e. The molecule has 1 aromatic carbocycles. The van der Waals surface area contributed by atoms with E-state index < -0.39 is 0 Å². The van der Waals surface area contributed by atoms with Gasteiger partial charge in [-0.25, -0.2) is 0 Å². The molecule has 1 amide bonds. The van der Waals surface area contributed by atoms with E-state index in [2.05, 4.69) is 64.9 Å². The van der Waals surface area contributed by atoms with Gasteiger partial charge in [0.2, 0.25) is 5.91 Å². The van der Waals surface area contributed by atoms with Gasteiger partial charge < -0.3 is 9.88 Å². The van der Waals surface area contributed by atoms with Crippen LogP contribution in [0.25, 0.3) is 10.9 Å². The number of nitrogens with one attached hydrogen (secondary N) is 2. The number of rotatable bonds is 7. The molecule has 4 nitrogen and oxygen atoms in total. The van der Waals surface area contributed by atoms with Gasteiger partial charge in [-0.05, 0) is 66.2 Å². The molecule has 0 spiro atoms. The van der Waals surface area contributed by atoms with Crippen LogP contribution in [-0.2, 0) is 24.3 Å². The number of hydrogen-bond acceptors (Lipinski definition) is 3. The third-order valence-corrected chi connectivity index (χ3v) is 7.29. The van der Waals surface area contributed by atoms with Crippen LogP contribution in [0.1, 0.15) is 55.2 Å². The Balaban J connectivity index is 1.47. The lowest BCUT2D eigenvalue weighted by Gasteiger charge is -2.25. The second kappa shape index (κ2) is 8.20. The van der Waals surface area contributed by atoms with Crippen molar-refractivity contribution in [2.45, 2.75) is 64.7 Å². The summed E-state index contributed by atoms with van der Waals surface area (Å²) in [5, 5.41) is 10.3. The molecule has 1 fully saturated rings. The first kappa shape index (κ1) is 19.8. The maximum atomic E-state index is 13.2. The molecule has 30 heavy (non-hydrogen) atoms. The minimum Gasteiger partial charge on any atom is -0.350 e. The minimum absolute atomic E-state index is 0.105. The van der Waals surface area contributed by atoms with Crippen LogP contribution in [0.15, 0.2) is 41.9 Å². The van der Waals surface area contributed by atoms with E-state index in [-0.39, 0.29) is 18.0 Å². The lowest BCUT2D eigenvalue weighted by molar-refractivity contribution is -0.123. The molecule has 1 aliphatic heterocycles. The van der Waals surface area contributed by atoms with E-state index in [1.807, 2.05) is 6.07 Å². The first-order valence-corrected chi connectivity index (χ1v) is 12.1. The highest BCUT2D eigenvalue weighted by atomic mass is 32.1. The van der Waals surface area contributed by atoms with Crippen molar-refractivity contribution in [2.24, 2.45) is 11.8 Å². The average Bonchev–Trinajstić information content (AvgIpc) is 3.29. The van der Waals surface area contributed by atoms with Crippen LogP contribution in [0.3, 0.4) is 0 Å². The summed E-state index contributed by atoms with van der Waals surface area (Å²) in [7, 11) is 0. The molecule has 5 rings (SSSR count). The SMILES string of the molecule is CC(C)CC1NC(C(=O)NCc2cccs2)Cc2cn(CC3CC3)c3cccc1c23. The molecular formula is C25H31N3OS. The zero-order valence-corrected chi connectivity index (χ0v) is 18.7. The number of thiophene rings is 1. The minimum atomic E-state index is -0.207. The van der Waals surface area contributed by atoms with E-state index in [1.165, 1.54) is 39.7 Å². The quantitative estimate of drug-likeness (QED) is 0.562. The molecule has 5 heteroatoms. The van der Waals surface area contributed by atoms with Gasteiger partial charge in [-0.3, -0.25) is 10.1 Å². The van der Waals surface area contributed by atoms with Gasteiger partial charge in [-0.15, -0.1) is 11.3 Å². The summed E-state index contributed by atoms with van der Waals surface area (Å²) in [6.45, 7) is 6.24. The normalized spacial score (nSPS) is 21.2. The molecule has 0 radical (unpaired) electrons. The standard InChI is InChI=1S/C25H31N3OS/c1-16(2)11-21-20-6-3-7-23-24(20)18(15-28(23)14-17-8-9-17)12-22(27-21)25(29)26-13-19-5-4-10-30-19/h3-7,10,15-17,21-22,27H,8-9,11-14H2,1-2H3,(H,26,29). The number of hydrogen-bond donors (Lipinski definition) is 2. The predicted molar refractivity (Wildman–Crippen MR) is 124 cm³/mol. The molecule has 0 saturated heterocycles. The summed E-state index contributed by atoms with van der Waals surface area (Å²) in [5.74, 6) is 1.49. The molecule has 3 aromatic rings. The highest BCUT2D eigenvalue weighted by Gasteiger charge is 2.31. The van der Waals surface area contributed by atoms with Crippen LogP contribution in [0.4, 0.5) is 0 Å². The Morgan fingerprint density at radius 3 is 2.87 bits per heavy atom. The first-order chi connectivity index (χ1) is 14.6. The average molecular weight is 422 g/mol. The predicted octanol–water partition coefficient (Wildman–Crippen LogP) is 5.03. The van der Waals surface area contributed by atoms with Gasteiger partial charge in [0, 0.05) is 34.6 Å². The van der Waals surface area contributed by atoms with Crippen molar-refractivity contribution in [3.05, 3.63) is 57.9 Å². The van der Waals surface area contributed by atoms with Crippen molar-refractivity contribution in [2.75, 3.05) is 0 Å². The largest absolute Gasteiger partial charge is 0.350 e. The lowest BCUT2D eigenvalue weighted by Crippen LogP contribution is -2.46. The van der Waals surface area contributed by atoms with Gasteiger partial charge in [-0.1, -0.05) is 32.0 Å². The van der Waals surface area contributed by atoms with Crippen molar-refractivity contribution in [1.29, 1.82) is 0 Å². The molecule has 1 aliphatic carbocycles. The summed E-state index contributed by atoms with van der Waals surface area (Å²) in [5.41, 5.74) is 4.01. The van der Waals surface area contributed by atoms with Crippen LogP contribution in [0, 0.1) is 11.8 Å². The Morgan fingerprint density at radius 2 is 2.13 bits per heavy atom.